The van der Waals surface area contributed by atoms with Crippen LogP contribution in [-0.4, -0.2) is 44.0 Å². The molecule has 6 atom stereocenters. The quantitative estimate of drug-likeness (QED) is 0.513. The first kappa shape index (κ1) is 23.2. The number of carbonyl (C=O) groups is 4. The predicted molar refractivity (Wildman–Crippen MR) is 120 cm³/mol. The summed E-state index contributed by atoms with van der Waals surface area (Å²) in [5, 5.41) is 29.6. The number of benzene rings is 2. The predicted octanol–water partition coefficient (Wildman–Crippen LogP) is 2.75. The molecule has 2 aromatic rings. The van der Waals surface area contributed by atoms with Crippen LogP contribution in [0, 0.1) is 35.5 Å². The van der Waals surface area contributed by atoms with Gasteiger partial charge in [0.05, 0.1) is 23.7 Å². The van der Waals surface area contributed by atoms with E-state index in [0.29, 0.717) is 0 Å². The lowest BCUT2D eigenvalue weighted by Crippen LogP contribution is -2.59. The molecule has 0 heterocycles. The molecule has 0 aromatic heterocycles. The molecule has 0 spiro atoms. The van der Waals surface area contributed by atoms with E-state index in [9.17, 15) is 34.5 Å². The zero-order valence-corrected chi connectivity index (χ0v) is 18.2. The summed E-state index contributed by atoms with van der Waals surface area (Å²) in [7, 11) is 0. The highest BCUT2D eigenvalue weighted by molar-refractivity contribution is 5.90. The molecule has 1 fully saturated rings. The SMILES string of the molecule is O=C(O)C1C2C=CC(C1C(=O)O)C(C(=O)N(Cc1ccccc1)Cc1ccccc1)C2C(=O)O. The largest absolute Gasteiger partial charge is 0.481 e. The van der Waals surface area contributed by atoms with E-state index in [1.165, 1.54) is 17.1 Å². The maximum absolute atomic E-state index is 13.9. The highest BCUT2D eigenvalue weighted by atomic mass is 16.4. The fourth-order valence-electron chi connectivity index (χ4n) is 5.44. The van der Waals surface area contributed by atoms with E-state index in [-0.39, 0.29) is 13.1 Å². The van der Waals surface area contributed by atoms with Crippen LogP contribution in [0.1, 0.15) is 11.1 Å². The summed E-state index contributed by atoms with van der Waals surface area (Å²) >= 11 is 0. The van der Waals surface area contributed by atoms with Crippen LogP contribution in [0.3, 0.4) is 0 Å². The first-order chi connectivity index (χ1) is 16.3. The van der Waals surface area contributed by atoms with E-state index < -0.39 is 59.3 Å². The van der Waals surface area contributed by atoms with Gasteiger partial charge in [0, 0.05) is 24.9 Å². The summed E-state index contributed by atoms with van der Waals surface area (Å²) in [5.74, 6) is -11.9. The second kappa shape index (κ2) is 9.51. The van der Waals surface area contributed by atoms with Crippen LogP contribution in [0.25, 0.3) is 0 Å². The Hall–Kier alpha value is -3.94. The maximum Gasteiger partial charge on any atom is 0.308 e. The molecule has 0 aliphatic heterocycles. The van der Waals surface area contributed by atoms with Crippen molar-refractivity contribution in [3.8, 4) is 0 Å². The summed E-state index contributed by atoms with van der Waals surface area (Å²) in [6.45, 7) is 0.414. The van der Waals surface area contributed by atoms with Crippen molar-refractivity contribution in [2.45, 2.75) is 13.1 Å². The molecule has 3 aliphatic rings. The number of allylic oxidation sites excluding steroid dienone is 2. The van der Waals surface area contributed by atoms with Crippen molar-refractivity contribution in [2.24, 2.45) is 35.5 Å². The highest BCUT2D eigenvalue weighted by Gasteiger charge is 2.61. The van der Waals surface area contributed by atoms with Crippen molar-refractivity contribution in [1.82, 2.24) is 4.90 Å². The molecule has 3 aliphatic carbocycles. The van der Waals surface area contributed by atoms with Gasteiger partial charge in [-0.2, -0.15) is 0 Å². The Morgan fingerprint density at radius 3 is 1.32 bits per heavy atom. The molecule has 0 saturated heterocycles. The van der Waals surface area contributed by atoms with Crippen LogP contribution in [0.15, 0.2) is 72.8 Å². The van der Waals surface area contributed by atoms with Gasteiger partial charge < -0.3 is 20.2 Å². The molecule has 5 rings (SSSR count). The van der Waals surface area contributed by atoms with Crippen LogP contribution in [0.4, 0.5) is 0 Å². The lowest BCUT2D eigenvalue weighted by Gasteiger charge is -2.49. The average Bonchev–Trinajstić information content (AvgIpc) is 2.83. The molecular formula is C26H25NO7. The van der Waals surface area contributed by atoms with Gasteiger partial charge in [-0.15, -0.1) is 0 Å². The first-order valence-electron chi connectivity index (χ1n) is 11.0. The van der Waals surface area contributed by atoms with Gasteiger partial charge in [0.2, 0.25) is 5.91 Å². The Morgan fingerprint density at radius 2 is 0.941 bits per heavy atom. The fourth-order valence-corrected chi connectivity index (χ4v) is 5.44. The molecule has 8 nitrogen and oxygen atoms in total. The molecule has 3 N–H and O–H groups in total. The third-order valence-corrected chi connectivity index (χ3v) is 6.87. The number of hydrogen-bond acceptors (Lipinski definition) is 4. The minimum absolute atomic E-state index is 0.207. The van der Waals surface area contributed by atoms with Gasteiger partial charge in [-0.05, 0) is 11.1 Å². The molecule has 8 heteroatoms. The monoisotopic (exact) mass is 463 g/mol. The molecule has 2 bridgehead atoms. The molecule has 2 aromatic carbocycles. The number of carboxylic acid groups (broad SMARTS) is 3. The minimum atomic E-state index is -1.41. The number of nitrogens with zero attached hydrogens (tertiary/aromatic N) is 1. The minimum Gasteiger partial charge on any atom is -0.481 e. The van der Waals surface area contributed by atoms with Gasteiger partial charge >= 0.3 is 17.9 Å². The number of amides is 1. The highest BCUT2D eigenvalue weighted by Crippen LogP contribution is 2.52. The Morgan fingerprint density at radius 1 is 0.588 bits per heavy atom. The van der Waals surface area contributed by atoms with Gasteiger partial charge in [-0.3, -0.25) is 19.2 Å². The molecule has 1 saturated carbocycles. The standard InChI is InChI=1S/C26H25NO7/c28-23(27(13-15-7-3-1-4-8-15)14-16-9-5-2-6-10-16)19-17-11-12-18(20(19)24(29)30)22(26(33)34)21(17)25(31)32/h1-12,17-22H,13-14H2,(H,29,30)(H,31,32)(H,33,34). The summed E-state index contributed by atoms with van der Waals surface area (Å²) in [6, 6.07) is 18.5. The third-order valence-electron chi connectivity index (χ3n) is 6.87. The Bertz CT molecular complexity index is 1070. The van der Waals surface area contributed by atoms with Crippen molar-refractivity contribution in [2.75, 3.05) is 0 Å². The van der Waals surface area contributed by atoms with Crippen molar-refractivity contribution >= 4 is 23.8 Å². The van der Waals surface area contributed by atoms with Gasteiger partial charge in [0.15, 0.2) is 0 Å². The van der Waals surface area contributed by atoms with Crippen LogP contribution in [0.5, 0.6) is 0 Å². The van der Waals surface area contributed by atoms with Crippen LogP contribution < -0.4 is 0 Å². The van der Waals surface area contributed by atoms with Crippen molar-refractivity contribution in [3.05, 3.63) is 83.9 Å². The first-order valence-corrected chi connectivity index (χ1v) is 11.0. The van der Waals surface area contributed by atoms with Gasteiger partial charge in [0.25, 0.3) is 0 Å². The summed E-state index contributed by atoms with van der Waals surface area (Å²) in [4.78, 5) is 51.8. The van der Waals surface area contributed by atoms with E-state index in [4.69, 9.17) is 0 Å². The summed E-state index contributed by atoms with van der Waals surface area (Å²) in [6.07, 6.45) is 2.98. The van der Waals surface area contributed by atoms with E-state index in [1.807, 2.05) is 60.7 Å². The van der Waals surface area contributed by atoms with Crippen LogP contribution >= 0.6 is 0 Å². The van der Waals surface area contributed by atoms with Gasteiger partial charge in [-0.1, -0.05) is 72.8 Å². The number of fused-ring (bicyclic) bond motifs is 2. The second-order valence-electron chi connectivity index (χ2n) is 8.82. The van der Waals surface area contributed by atoms with Crippen molar-refractivity contribution < 1.29 is 34.5 Å². The zero-order valence-electron chi connectivity index (χ0n) is 18.2. The van der Waals surface area contributed by atoms with E-state index in [0.717, 1.165) is 11.1 Å². The Kier molecular flexibility index (Phi) is 6.49. The molecule has 1 amide bonds. The smallest absolute Gasteiger partial charge is 0.308 e. The Labute approximate surface area is 196 Å². The van der Waals surface area contributed by atoms with E-state index in [1.54, 1.807) is 0 Å². The number of rotatable bonds is 8. The fraction of sp³-hybridized carbons (Fsp3) is 0.308. The number of carboxylic acids is 3. The topological polar surface area (TPSA) is 132 Å². The van der Waals surface area contributed by atoms with E-state index in [2.05, 4.69) is 0 Å². The summed E-state index contributed by atoms with van der Waals surface area (Å²) in [5.41, 5.74) is 1.68. The van der Waals surface area contributed by atoms with Crippen molar-refractivity contribution in [1.29, 1.82) is 0 Å². The lowest BCUT2D eigenvalue weighted by atomic mass is 9.52. The third kappa shape index (κ3) is 4.31. The average molecular weight is 463 g/mol. The van der Waals surface area contributed by atoms with Crippen LogP contribution in [0.2, 0.25) is 0 Å². The molecule has 34 heavy (non-hydrogen) atoms. The van der Waals surface area contributed by atoms with Crippen molar-refractivity contribution in [3.63, 3.8) is 0 Å². The second-order valence-corrected chi connectivity index (χ2v) is 8.82. The van der Waals surface area contributed by atoms with Gasteiger partial charge in [-0.25, -0.2) is 0 Å². The number of aliphatic carboxylic acids is 3. The van der Waals surface area contributed by atoms with E-state index >= 15 is 0 Å². The zero-order chi connectivity index (χ0) is 24.4. The molecule has 0 radical (unpaired) electrons. The van der Waals surface area contributed by atoms with Gasteiger partial charge in [0.1, 0.15) is 0 Å². The molecule has 176 valence electrons. The normalized spacial score (nSPS) is 27.2. The van der Waals surface area contributed by atoms with Crippen LogP contribution in [-0.2, 0) is 32.3 Å². The number of carbonyl (C=O) groups excluding carboxylic acids is 1. The maximum atomic E-state index is 13.9. The lowest BCUT2D eigenvalue weighted by molar-refractivity contribution is -0.176. The Balaban J connectivity index is 1.74. The number of hydrogen-bond donors (Lipinski definition) is 3. The molecule has 6 unspecified atom stereocenters. The summed E-state index contributed by atoms with van der Waals surface area (Å²) < 4.78 is 0. The molecular weight excluding hydrogens is 438 g/mol.